The lowest BCUT2D eigenvalue weighted by Crippen LogP contribution is -2.42. The largest absolute Gasteiger partial charge is 0.435 e. The Hall–Kier alpha value is -2.10. The maximum Gasteiger partial charge on any atom is 0.435 e. The van der Waals surface area contributed by atoms with E-state index < -0.39 is 35.1 Å². The van der Waals surface area contributed by atoms with Gasteiger partial charge in [0.1, 0.15) is 11.0 Å². The van der Waals surface area contributed by atoms with Gasteiger partial charge in [0, 0.05) is 32.8 Å². The van der Waals surface area contributed by atoms with Crippen LogP contribution in [0, 0.1) is 6.92 Å². The number of amides is 1. The third kappa shape index (κ3) is 4.79. The van der Waals surface area contributed by atoms with E-state index in [9.17, 15) is 22.2 Å². The van der Waals surface area contributed by atoms with Gasteiger partial charge in [-0.1, -0.05) is 34.4 Å². The fourth-order valence-corrected chi connectivity index (χ4v) is 4.26. The summed E-state index contributed by atoms with van der Waals surface area (Å²) < 4.78 is 56.6. The summed E-state index contributed by atoms with van der Waals surface area (Å²) in [7, 11) is -1.55. The molecule has 1 aliphatic heterocycles. The molecule has 2 unspecified atom stereocenters. The Labute approximate surface area is 195 Å². The Morgan fingerprint density at radius 2 is 1.81 bits per heavy atom. The number of nitrogens with zero attached hydrogens (tertiary/aromatic N) is 1. The van der Waals surface area contributed by atoms with Crippen LogP contribution in [0.5, 0.6) is 0 Å². The minimum Gasteiger partial charge on any atom is -0.374 e. The highest BCUT2D eigenvalue weighted by Crippen LogP contribution is 2.49. The first kappa shape index (κ1) is 24.5. The van der Waals surface area contributed by atoms with Gasteiger partial charge in [-0.05, 0) is 62.2 Å². The predicted molar refractivity (Wildman–Crippen MR) is 118 cm³/mol. The smallest absolute Gasteiger partial charge is 0.374 e. The van der Waals surface area contributed by atoms with Crippen LogP contribution in [-0.2, 0) is 21.4 Å². The van der Waals surface area contributed by atoms with Gasteiger partial charge in [-0.25, -0.2) is 4.21 Å². The number of benzene rings is 2. The van der Waals surface area contributed by atoms with Crippen LogP contribution < -0.4 is 4.72 Å². The van der Waals surface area contributed by atoms with Gasteiger partial charge < -0.3 is 4.84 Å². The molecule has 1 amide bonds. The zero-order valence-corrected chi connectivity index (χ0v) is 19.5. The van der Waals surface area contributed by atoms with Crippen LogP contribution >= 0.6 is 23.2 Å². The second kappa shape index (κ2) is 9.03. The lowest BCUT2D eigenvalue weighted by Gasteiger charge is -2.29. The molecule has 0 spiro atoms. The zero-order valence-electron chi connectivity index (χ0n) is 17.2. The molecule has 0 fully saturated rings. The molecule has 0 aromatic heterocycles. The topological polar surface area (TPSA) is 67.8 Å². The Morgan fingerprint density at radius 1 is 1.19 bits per heavy atom. The van der Waals surface area contributed by atoms with Gasteiger partial charge in [0.15, 0.2) is 0 Å². The van der Waals surface area contributed by atoms with E-state index in [0.717, 1.165) is 12.1 Å². The highest BCUT2D eigenvalue weighted by molar-refractivity contribution is 7.84. The Kier molecular flexibility index (Phi) is 6.93. The zero-order chi connectivity index (χ0) is 23.8. The molecule has 0 saturated heterocycles. The quantitative estimate of drug-likeness (QED) is 0.566. The Morgan fingerprint density at radius 3 is 2.34 bits per heavy atom. The highest BCUT2D eigenvalue weighted by Gasteiger charge is 2.62. The van der Waals surface area contributed by atoms with E-state index in [-0.39, 0.29) is 32.1 Å². The molecule has 0 saturated carbocycles. The molecule has 1 heterocycles. The van der Waals surface area contributed by atoms with Crippen molar-refractivity contribution in [2.45, 2.75) is 44.2 Å². The number of alkyl halides is 3. The number of carbonyl (C=O) groups is 1. The number of halogens is 5. The van der Waals surface area contributed by atoms with Gasteiger partial charge in [0.2, 0.25) is 0 Å². The molecule has 172 valence electrons. The summed E-state index contributed by atoms with van der Waals surface area (Å²) in [6.07, 6.45) is -5.41. The van der Waals surface area contributed by atoms with Crippen LogP contribution in [0.3, 0.4) is 0 Å². The molecule has 0 aliphatic carbocycles. The first-order chi connectivity index (χ1) is 14.8. The van der Waals surface area contributed by atoms with E-state index in [1.807, 2.05) is 0 Å². The SMILES string of the molecule is Cc1cc(C2=NOC(c3cc(Cl)cc(Cl)c3)(C(F)(F)F)C2)ccc1C(=O)NS(=O)C(C)C. The van der Waals surface area contributed by atoms with Gasteiger partial charge in [0.05, 0.1) is 5.71 Å². The molecule has 3 rings (SSSR count). The van der Waals surface area contributed by atoms with Gasteiger partial charge in [0.25, 0.3) is 11.5 Å². The molecule has 32 heavy (non-hydrogen) atoms. The average molecular weight is 507 g/mol. The highest BCUT2D eigenvalue weighted by atomic mass is 35.5. The van der Waals surface area contributed by atoms with Crippen LogP contribution in [0.25, 0.3) is 0 Å². The molecule has 2 aromatic rings. The number of carbonyl (C=O) groups excluding carboxylic acids is 1. The summed E-state index contributed by atoms with van der Waals surface area (Å²) in [6, 6.07) is 8.07. The third-order valence-electron chi connectivity index (χ3n) is 4.94. The van der Waals surface area contributed by atoms with Crippen molar-refractivity contribution in [3.05, 3.63) is 68.7 Å². The first-order valence-electron chi connectivity index (χ1n) is 9.45. The van der Waals surface area contributed by atoms with E-state index >= 15 is 0 Å². The molecule has 0 bridgehead atoms. The first-order valence-corrected chi connectivity index (χ1v) is 11.4. The molecule has 1 aliphatic rings. The van der Waals surface area contributed by atoms with Crippen molar-refractivity contribution in [2.24, 2.45) is 5.16 Å². The number of nitrogens with one attached hydrogen (secondary N) is 1. The fraction of sp³-hybridized carbons (Fsp3) is 0.333. The normalized spacial score (nSPS) is 19.5. The second-order valence-corrected chi connectivity index (χ2v) is 10.2. The van der Waals surface area contributed by atoms with Crippen LogP contribution in [0.4, 0.5) is 13.2 Å². The summed E-state index contributed by atoms with van der Waals surface area (Å²) in [6.45, 7) is 5.02. The second-order valence-electron chi connectivity index (χ2n) is 7.60. The van der Waals surface area contributed by atoms with Gasteiger partial charge in [-0.3, -0.25) is 9.52 Å². The van der Waals surface area contributed by atoms with Gasteiger partial charge in [-0.2, -0.15) is 13.2 Å². The van der Waals surface area contributed by atoms with Crippen molar-refractivity contribution in [3.63, 3.8) is 0 Å². The number of oxime groups is 1. The van der Waals surface area contributed by atoms with E-state index in [4.69, 9.17) is 28.0 Å². The predicted octanol–water partition coefficient (Wildman–Crippen LogP) is 5.69. The molecule has 2 atom stereocenters. The summed E-state index contributed by atoms with van der Waals surface area (Å²) in [5, 5.41) is 3.53. The third-order valence-corrected chi connectivity index (χ3v) is 6.62. The molecule has 2 aromatic carbocycles. The lowest BCUT2D eigenvalue weighted by molar-refractivity contribution is -0.275. The van der Waals surface area contributed by atoms with E-state index in [1.165, 1.54) is 24.3 Å². The van der Waals surface area contributed by atoms with Crippen LogP contribution in [0.15, 0.2) is 41.6 Å². The van der Waals surface area contributed by atoms with Crippen molar-refractivity contribution in [1.82, 2.24) is 4.72 Å². The molecule has 5 nitrogen and oxygen atoms in total. The lowest BCUT2D eigenvalue weighted by atomic mass is 9.86. The maximum absolute atomic E-state index is 14.1. The minimum absolute atomic E-state index is 0.0400. The van der Waals surface area contributed by atoms with E-state index in [1.54, 1.807) is 20.8 Å². The van der Waals surface area contributed by atoms with Gasteiger partial charge in [-0.15, -0.1) is 0 Å². The van der Waals surface area contributed by atoms with Crippen LogP contribution in [-0.4, -0.2) is 27.3 Å². The van der Waals surface area contributed by atoms with Crippen LogP contribution in [0.1, 0.15) is 47.3 Å². The summed E-state index contributed by atoms with van der Waals surface area (Å²) in [5.74, 6) is -0.538. The monoisotopic (exact) mass is 506 g/mol. The molecular formula is C21H19Cl2F3N2O3S. The number of hydrogen-bond acceptors (Lipinski definition) is 4. The summed E-state index contributed by atoms with van der Waals surface area (Å²) in [4.78, 5) is 17.4. The van der Waals surface area contributed by atoms with Crippen molar-refractivity contribution in [3.8, 4) is 0 Å². The Balaban J connectivity index is 1.91. The number of hydrogen-bond donors (Lipinski definition) is 1. The van der Waals surface area contributed by atoms with Crippen LogP contribution in [0.2, 0.25) is 10.0 Å². The standard InChI is InChI=1S/C21H19Cl2F3N2O3S/c1-11(2)32(30)28-19(29)17-5-4-13(6-12(17)3)18-10-20(31-27-18,21(24,25)26)14-7-15(22)9-16(23)8-14/h4-9,11H,10H2,1-3H3,(H,28,29). The molecule has 11 heteroatoms. The van der Waals surface area contributed by atoms with E-state index in [2.05, 4.69) is 9.88 Å². The van der Waals surface area contributed by atoms with Gasteiger partial charge >= 0.3 is 6.18 Å². The minimum atomic E-state index is -4.80. The molecule has 0 radical (unpaired) electrons. The molecule has 1 N–H and O–H groups in total. The maximum atomic E-state index is 14.1. The fourth-order valence-electron chi connectivity index (χ4n) is 3.21. The van der Waals surface area contributed by atoms with Crippen molar-refractivity contribution >= 4 is 45.8 Å². The number of aryl methyl sites for hydroxylation is 1. The van der Waals surface area contributed by atoms with Crippen molar-refractivity contribution in [1.29, 1.82) is 0 Å². The molecular weight excluding hydrogens is 488 g/mol. The Bertz CT molecular complexity index is 1100. The van der Waals surface area contributed by atoms with Crippen molar-refractivity contribution in [2.75, 3.05) is 0 Å². The number of rotatable bonds is 5. The average Bonchev–Trinajstić information content (AvgIpc) is 3.13. The van der Waals surface area contributed by atoms with Crippen molar-refractivity contribution < 1.29 is 27.0 Å². The summed E-state index contributed by atoms with van der Waals surface area (Å²) >= 11 is 11.8. The summed E-state index contributed by atoms with van der Waals surface area (Å²) in [5.41, 5.74) is -1.84. The van der Waals surface area contributed by atoms with E-state index in [0.29, 0.717) is 11.1 Å².